The van der Waals surface area contributed by atoms with Gasteiger partial charge in [-0.2, -0.15) is 5.10 Å². The lowest BCUT2D eigenvalue weighted by Crippen LogP contribution is -2.56. The third kappa shape index (κ3) is 2.31. The topological polar surface area (TPSA) is 82.7 Å². The van der Waals surface area contributed by atoms with Crippen LogP contribution in [0.1, 0.15) is 17.6 Å². The number of aromatic nitrogens is 3. The number of amides is 1. The molecule has 22 heavy (non-hydrogen) atoms. The van der Waals surface area contributed by atoms with Crippen LogP contribution in [0.2, 0.25) is 5.02 Å². The number of nitrogens with one attached hydrogen (secondary N) is 3. The van der Waals surface area contributed by atoms with Crippen LogP contribution in [-0.2, 0) is 4.79 Å². The highest BCUT2D eigenvalue weighted by molar-refractivity contribution is 8.09. The molecule has 2 aliphatic heterocycles. The molecule has 0 saturated carbocycles. The van der Waals surface area contributed by atoms with Crippen molar-refractivity contribution >= 4 is 34.2 Å². The Hall–Kier alpha value is -1.83. The van der Waals surface area contributed by atoms with Gasteiger partial charge in [-0.15, -0.1) is 11.8 Å². The molecule has 4 rings (SSSR count). The molecule has 6 nitrogen and oxygen atoms in total. The zero-order chi connectivity index (χ0) is 15.1. The Labute approximate surface area is 135 Å². The van der Waals surface area contributed by atoms with Gasteiger partial charge in [0.2, 0.25) is 5.91 Å². The molecule has 1 fully saturated rings. The molecule has 3 unspecified atom stereocenters. The molecule has 3 atom stereocenters. The van der Waals surface area contributed by atoms with Gasteiger partial charge in [0.25, 0.3) is 0 Å². The van der Waals surface area contributed by atoms with E-state index >= 15 is 0 Å². The maximum Gasteiger partial charge on any atom is 0.236 e. The lowest BCUT2D eigenvalue weighted by Gasteiger charge is -2.31. The normalized spacial score (nSPS) is 27.2. The summed E-state index contributed by atoms with van der Waals surface area (Å²) in [5.41, 5.74) is 0.953. The summed E-state index contributed by atoms with van der Waals surface area (Å²) in [5, 5.41) is 13.3. The Morgan fingerprint density at radius 2 is 2.14 bits per heavy atom. The smallest absolute Gasteiger partial charge is 0.236 e. The Morgan fingerprint density at radius 3 is 2.91 bits per heavy atom. The predicted molar refractivity (Wildman–Crippen MR) is 85.0 cm³/mol. The van der Waals surface area contributed by atoms with Crippen LogP contribution in [0.25, 0.3) is 4.91 Å². The second kappa shape index (κ2) is 5.42. The van der Waals surface area contributed by atoms with Gasteiger partial charge in [-0.05, 0) is 6.07 Å². The summed E-state index contributed by atoms with van der Waals surface area (Å²) >= 11 is 7.77. The molecule has 0 radical (unpaired) electrons. The largest absolute Gasteiger partial charge is 0.333 e. The summed E-state index contributed by atoms with van der Waals surface area (Å²) in [7, 11) is 0. The molecule has 2 aromatic rings. The van der Waals surface area contributed by atoms with Crippen molar-refractivity contribution in [1.82, 2.24) is 25.8 Å². The molecule has 1 aromatic carbocycles. The molecular weight excluding hydrogens is 322 g/mol. The molecular formula is C14H12ClN5OS. The lowest BCUT2D eigenvalue weighted by molar-refractivity contribution is -0.123. The van der Waals surface area contributed by atoms with Crippen molar-refractivity contribution in [3.63, 3.8) is 0 Å². The second-order valence-corrected chi connectivity index (χ2v) is 6.64. The molecule has 112 valence electrons. The maximum atomic E-state index is 12.3. The van der Waals surface area contributed by atoms with E-state index in [0.717, 1.165) is 10.5 Å². The highest BCUT2D eigenvalue weighted by Crippen LogP contribution is 2.43. The average molecular weight is 334 g/mol. The quantitative estimate of drug-likeness (QED) is 0.779. The highest BCUT2D eigenvalue weighted by Gasteiger charge is 2.41. The fourth-order valence-electron chi connectivity index (χ4n) is 2.63. The van der Waals surface area contributed by atoms with Crippen molar-refractivity contribution in [2.75, 3.05) is 0 Å². The van der Waals surface area contributed by atoms with E-state index in [2.05, 4.69) is 31.9 Å². The van der Waals surface area contributed by atoms with Crippen molar-refractivity contribution < 1.29 is 4.79 Å². The van der Waals surface area contributed by atoms with E-state index in [1.807, 2.05) is 24.3 Å². The summed E-state index contributed by atoms with van der Waals surface area (Å²) in [4.78, 5) is 17.4. The van der Waals surface area contributed by atoms with Crippen LogP contribution >= 0.6 is 23.4 Å². The minimum absolute atomic E-state index is 0.0200. The summed E-state index contributed by atoms with van der Waals surface area (Å²) in [6.07, 6.45) is 3.11. The van der Waals surface area contributed by atoms with Crippen LogP contribution < -0.4 is 10.6 Å². The Morgan fingerprint density at radius 1 is 1.27 bits per heavy atom. The summed E-state index contributed by atoms with van der Waals surface area (Å²) in [6.45, 7) is 0. The van der Waals surface area contributed by atoms with Gasteiger partial charge in [-0.3, -0.25) is 15.2 Å². The predicted octanol–water partition coefficient (Wildman–Crippen LogP) is 1.70. The zero-order valence-corrected chi connectivity index (χ0v) is 12.9. The number of rotatable bonds is 2. The fourth-order valence-corrected chi connectivity index (χ4v) is 4.20. The van der Waals surface area contributed by atoms with Gasteiger partial charge in [-0.25, -0.2) is 4.98 Å². The van der Waals surface area contributed by atoms with Crippen LogP contribution in [0.15, 0.2) is 36.7 Å². The molecule has 3 N–H and O–H groups in total. The van der Waals surface area contributed by atoms with Gasteiger partial charge in [-0.1, -0.05) is 35.9 Å². The second-order valence-electron chi connectivity index (χ2n) is 5.05. The average Bonchev–Trinajstić information content (AvgIpc) is 3.17. The van der Waals surface area contributed by atoms with Crippen LogP contribution in [-0.4, -0.2) is 32.4 Å². The summed E-state index contributed by atoms with van der Waals surface area (Å²) in [5.74, 6) is 0.574. The van der Waals surface area contributed by atoms with E-state index in [1.165, 1.54) is 18.1 Å². The SMILES string of the molecule is O=C1NC(c2ncn[nH]2)NC2C=C(c3ccccc3Cl)SC12. The maximum absolute atomic E-state index is 12.3. The van der Waals surface area contributed by atoms with Crippen molar-refractivity contribution in [2.24, 2.45) is 0 Å². The zero-order valence-electron chi connectivity index (χ0n) is 11.3. The summed E-state index contributed by atoms with van der Waals surface area (Å²) < 4.78 is 0. The van der Waals surface area contributed by atoms with E-state index in [9.17, 15) is 4.79 Å². The molecule has 3 heterocycles. The third-order valence-corrected chi connectivity index (χ3v) is 5.36. The monoisotopic (exact) mass is 333 g/mol. The summed E-state index contributed by atoms with van der Waals surface area (Å²) in [6, 6.07) is 7.58. The third-order valence-electron chi connectivity index (χ3n) is 3.66. The van der Waals surface area contributed by atoms with Crippen molar-refractivity contribution in [1.29, 1.82) is 0 Å². The number of hydrogen-bond acceptors (Lipinski definition) is 5. The van der Waals surface area contributed by atoms with Gasteiger partial charge in [0.15, 0.2) is 5.82 Å². The first kappa shape index (κ1) is 13.8. The van der Waals surface area contributed by atoms with Gasteiger partial charge in [0.05, 0.1) is 0 Å². The Kier molecular flexibility index (Phi) is 3.40. The molecule has 0 spiro atoms. The van der Waals surface area contributed by atoms with Gasteiger partial charge < -0.3 is 5.32 Å². The van der Waals surface area contributed by atoms with Crippen LogP contribution in [0.4, 0.5) is 0 Å². The number of carbonyl (C=O) groups is 1. The number of benzene rings is 1. The molecule has 1 saturated heterocycles. The first-order chi connectivity index (χ1) is 10.7. The minimum atomic E-state index is -0.362. The van der Waals surface area contributed by atoms with Crippen molar-refractivity contribution in [2.45, 2.75) is 17.5 Å². The van der Waals surface area contributed by atoms with Crippen LogP contribution in [0.5, 0.6) is 0 Å². The van der Waals surface area contributed by atoms with E-state index < -0.39 is 0 Å². The lowest BCUT2D eigenvalue weighted by atomic mass is 10.1. The molecule has 1 amide bonds. The van der Waals surface area contributed by atoms with E-state index in [1.54, 1.807) is 0 Å². The number of fused-ring (bicyclic) bond motifs is 1. The number of nitrogens with zero attached hydrogens (tertiary/aromatic N) is 2. The highest BCUT2D eigenvalue weighted by atomic mass is 35.5. The Balaban J connectivity index is 1.62. The number of thioether (sulfide) groups is 1. The van der Waals surface area contributed by atoms with Crippen molar-refractivity contribution in [3.05, 3.63) is 53.1 Å². The minimum Gasteiger partial charge on any atom is -0.333 e. The molecule has 2 aliphatic rings. The van der Waals surface area contributed by atoms with Crippen LogP contribution in [0, 0.1) is 0 Å². The fraction of sp³-hybridized carbons (Fsp3) is 0.214. The number of hydrogen-bond donors (Lipinski definition) is 3. The van der Waals surface area contributed by atoms with Gasteiger partial charge in [0.1, 0.15) is 17.7 Å². The van der Waals surface area contributed by atoms with Gasteiger partial charge >= 0.3 is 0 Å². The molecule has 0 aliphatic carbocycles. The number of H-pyrrole nitrogens is 1. The van der Waals surface area contributed by atoms with Gasteiger partial charge in [0, 0.05) is 21.5 Å². The first-order valence-corrected chi connectivity index (χ1v) is 8.03. The molecule has 8 heteroatoms. The first-order valence-electron chi connectivity index (χ1n) is 6.77. The number of aromatic amines is 1. The Bertz CT molecular complexity index is 747. The standard InChI is InChI=1S/C14H12ClN5OS/c15-8-4-2-1-3-7(8)10-5-9-11(22-10)14(21)19-13(18-9)12-16-6-17-20-12/h1-6,9,11,13,18H,(H,19,21)(H,16,17,20). The number of halogens is 1. The molecule has 0 bridgehead atoms. The van der Waals surface area contributed by atoms with E-state index in [4.69, 9.17) is 11.6 Å². The number of carbonyl (C=O) groups excluding carboxylic acids is 1. The van der Waals surface area contributed by atoms with E-state index in [0.29, 0.717) is 10.8 Å². The van der Waals surface area contributed by atoms with E-state index in [-0.39, 0.29) is 23.4 Å². The molecule has 1 aromatic heterocycles. The van der Waals surface area contributed by atoms with Crippen molar-refractivity contribution in [3.8, 4) is 0 Å². The van der Waals surface area contributed by atoms with Crippen LogP contribution in [0.3, 0.4) is 0 Å².